The molecule has 0 aliphatic carbocycles. The first-order chi connectivity index (χ1) is 19.3. The number of allylic oxidation sites excluding steroid dienone is 2. The third-order valence-electron chi connectivity index (χ3n) is 5.84. The second-order valence-corrected chi connectivity index (χ2v) is 8.81. The molecule has 0 spiro atoms. The Labute approximate surface area is 233 Å². The van der Waals surface area contributed by atoms with E-state index in [0.717, 1.165) is 22.3 Å². The molecular formula is C34H30O6. The summed E-state index contributed by atoms with van der Waals surface area (Å²) in [4.78, 5) is 47.7. The lowest BCUT2D eigenvalue weighted by atomic mass is 10.1. The zero-order chi connectivity index (χ0) is 28.9. The highest BCUT2D eigenvalue weighted by Gasteiger charge is 2.10. The van der Waals surface area contributed by atoms with Gasteiger partial charge in [-0.15, -0.1) is 0 Å². The van der Waals surface area contributed by atoms with Crippen molar-refractivity contribution in [2.75, 3.05) is 0 Å². The first-order valence-electron chi connectivity index (χ1n) is 12.7. The van der Waals surface area contributed by atoms with Crippen LogP contribution in [-0.4, -0.2) is 23.5 Å². The number of carbonyl (C=O) groups excluding carboxylic acids is 4. The maximum Gasteiger partial charge on any atom is 0.336 e. The Morgan fingerprint density at radius 1 is 0.675 bits per heavy atom. The van der Waals surface area contributed by atoms with Gasteiger partial charge < -0.3 is 9.47 Å². The number of rotatable bonds is 13. The van der Waals surface area contributed by atoms with E-state index in [1.54, 1.807) is 30.4 Å². The SMILES string of the molecule is C=CC(=O)Cc1ccc(/C=C/C(=O)Oc2ccc(OC(=O)/C=C/c3ccc(CC(=O)C=C)cc3)c(CC)c2)cc1. The largest absolute Gasteiger partial charge is 0.423 e. The molecule has 0 radical (unpaired) electrons. The molecule has 0 aliphatic rings. The van der Waals surface area contributed by atoms with Gasteiger partial charge in [-0.1, -0.05) is 68.6 Å². The Morgan fingerprint density at radius 3 is 1.60 bits per heavy atom. The van der Waals surface area contributed by atoms with Crippen molar-refractivity contribution in [1.82, 2.24) is 0 Å². The quantitative estimate of drug-likeness (QED) is 0.150. The number of ether oxygens (including phenoxy) is 2. The van der Waals surface area contributed by atoms with E-state index in [2.05, 4.69) is 13.2 Å². The number of benzene rings is 3. The molecule has 0 N–H and O–H groups in total. The Kier molecular flexibility index (Phi) is 10.9. The molecule has 0 fully saturated rings. The van der Waals surface area contributed by atoms with Crippen molar-refractivity contribution >= 4 is 35.7 Å². The first-order valence-corrected chi connectivity index (χ1v) is 12.7. The predicted octanol–water partition coefficient (Wildman–Crippen LogP) is 6.08. The molecule has 3 aromatic rings. The van der Waals surface area contributed by atoms with Crippen molar-refractivity contribution in [3.05, 3.63) is 132 Å². The van der Waals surface area contributed by atoms with E-state index in [4.69, 9.17) is 9.47 Å². The zero-order valence-corrected chi connectivity index (χ0v) is 22.3. The van der Waals surface area contributed by atoms with Gasteiger partial charge >= 0.3 is 11.9 Å². The van der Waals surface area contributed by atoms with Crippen LogP contribution in [0.25, 0.3) is 12.2 Å². The van der Waals surface area contributed by atoms with E-state index in [-0.39, 0.29) is 24.4 Å². The fourth-order valence-electron chi connectivity index (χ4n) is 3.66. The van der Waals surface area contributed by atoms with Crippen molar-refractivity contribution in [3.8, 4) is 11.5 Å². The Morgan fingerprint density at radius 2 is 1.15 bits per heavy atom. The van der Waals surface area contributed by atoms with Crippen LogP contribution in [0.5, 0.6) is 11.5 Å². The first kappa shape index (κ1) is 29.5. The lowest BCUT2D eigenvalue weighted by Gasteiger charge is -2.09. The lowest BCUT2D eigenvalue weighted by Crippen LogP contribution is -2.07. The van der Waals surface area contributed by atoms with E-state index in [1.165, 1.54) is 24.3 Å². The van der Waals surface area contributed by atoms with Gasteiger partial charge in [0.1, 0.15) is 11.5 Å². The normalized spacial score (nSPS) is 10.8. The molecular weight excluding hydrogens is 504 g/mol. The highest BCUT2D eigenvalue weighted by Crippen LogP contribution is 2.25. The third-order valence-corrected chi connectivity index (χ3v) is 5.84. The van der Waals surface area contributed by atoms with E-state index >= 15 is 0 Å². The van der Waals surface area contributed by atoms with Crippen molar-refractivity contribution in [3.63, 3.8) is 0 Å². The summed E-state index contributed by atoms with van der Waals surface area (Å²) in [6.45, 7) is 8.84. The smallest absolute Gasteiger partial charge is 0.336 e. The van der Waals surface area contributed by atoms with Crippen LogP contribution in [0.3, 0.4) is 0 Å². The molecule has 0 aliphatic heterocycles. The minimum absolute atomic E-state index is 0.0582. The summed E-state index contributed by atoms with van der Waals surface area (Å²) in [5, 5.41) is 0. The molecule has 0 atom stereocenters. The second kappa shape index (κ2) is 14.7. The minimum atomic E-state index is -0.555. The summed E-state index contributed by atoms with van der Waals surface area (Å²) in [6, 6.07) is 19.3. The highest BCUT2D eigenvalue weighted by atomic mass is 16.5. The summed E-state index contributed by atoms with van der Waals surface area (Å²) < 4.78 is 10.9. The number of carbonyl (C=O) groups is 4. The maximum atomic E-state index is 12.4. The summed E-state index contributed by atoms with van der Waals surface area (Å²) >= 11 is 0. The van der Waals surface area contributed by atoms with E-state index in [0.29, 0.717) is 23.5 Å². The van der Waals surface area contributed by atoms with Crippen molar-refractivity contribution < 1.29 is 28.7 Å². The number of aryl methyl sites for hydroxylation is 1. The van der Waals surface area contributed by atoms with Crippen LogP contribution in [0.4, 0.5) is 0 Å². The molecule has 0 saturated carbocycles. The molecule has 0 heterocycles. The molecule has 0 saturated heterocycles. The summed E-state index contributed by atoms with van der Waals surface area (Å²) in [6.07, 6.45) is 9.60. The van der Waals surface area contributed by atoms with Crippen LogP contribution < -0.4 is 9.47 Å². The van der Waals surface area contributed by atoms with Crippen LogP contribution in [0, 0.1) is 0 Å². The number of hydrogen-bond acceptors (Lipinski definition) is 6. The predicted molar refractivity (Wildman–Crippen MR) is 156 cm³/mol. The van der Waals surface area contributed by atoms with Gasteiger partial charge in [-0.3, -0.25) is 9.59 Å². The van der Waals surface area contributed by atoms with Gasteiger partial charge in [-0.2, -0.15) is 0 Å². The molecule has 0 amide bonds. The fraction of sp³-hybridized carbons (Fsp3) is 0.118. The van der Waals surface area contributed by atoms with Crippen LogP contribution in [0.15, 0.2) is 104 Å². The molecule has 3 aromatic carbocycles. The van der Waals surface area contributed by atoms with Crippen molar-refractivity contribution in [1.29, 1.82) is 0 Å². The molecule has 0 unspecified atom stereocenters. The molecule has 40 heavy (non-hydrogen) atoms. The Bertz CT molecular complexity index is 1460. The van der Waals surface area contributed by atoms with Crippen molar-refractivity contribution in [2.24, 2.45) is 0 Å². The molecule has 3 rings (SSSR count). The standard InChI is InChI=1S/C34H30O6/c1-4-28-23-31(39-33(37)19-15-24-7-11-26(12-8-24)21-29(35)5-2)17-18-32(28)40-34(38)20-16-25-9-13-27(14-10-25)22-30(36)6-3/h5-20,23H,2-4,21-22H2,1H3/b19-15+,20-16+. The minimum Gasteiger partial charge on any atom is -0.423 e. The number of esters is 2. The van der Waals surface area contributed by atoms with E-state index in [9.17, 15) is 19.2 Å². The van der Waals surface area contributed by atoms with Gasteiger partial charge in [0, 0.05) is 25.0 Å². The Balaban J connectivity index is 1.56. The fourth-order valence-corrected chi connectivity index (χ4v) is 3.66. The summed E-state index contributed by atoms with van der Waals surface area (Å²) in [7, 11) is 0. The van der Waals surface area contributed by atoms with Crippen LogP contribution in [0.2, 0.25) is 0 Å². The van der Waals surface area contributed by atoms with Crippen LogP contribution in [-0.2, 0) is 38.4 Å². The average molecular weight is 535 g/mol. The molecule has 6 heteroatoms. The van der Waals surface area contributed by atoms with Crippen LogP contribution in [0.1, 0.15) is 34.7 Å². The average Bonchev–Trinajstić information content (AvgIpc) is 2.97. The lowest BCUT2D eigenvalue weighted by molar-refractivity contribution is -0.130. The molecule has 0 aromatic heterocycles. The van der Waals surface area contributed by atoms with E-state index < -0.39 is 11.9 Å². The monoisotopic (exact) mass is 534 g/mol. The van der Waals surface area contributed by atoms with Gasteiger partial charge in [-0.25, -0.2) is 9.59 Å². The van der Waals surface area contributed by atoms with Gasteiger partial charge in [0.25, 0.3) is 0 Å². The van der Waals surface area contributed by atoms with Gasteiger partial charge in [0.15, 0.2) is 11.6 Å². The molecule has 202 valence electrons. The van der Waals surface area contributed by atoms with Gasteiger partial charge in [-0.05, 0) is 76.7 Å². The maximum absolute atomic E-state index is 12.4. The Hall–Kier alpha value is -5.10. The van der Waals surface area contributed by atoms with Gasteiger partial charge in [0.2, 0.25) is 0 Å². The number of hydrogen-bond donors (Lipinski definition) is 0. The van der Waals surface area contributed by atoms with Gasteiger partial charge in [0.05, 0.1) is 0 Å². The molecule has 0 bridgehead atoms. The summed E-state index contributed by atoms with van der Waals surface area (Å²) in [5.74, 6) is -0.515. The van der Waals surface area contributed by atoms with E-state index in [1.807, 2.05) is 55.5 Å². The topological polar surface area (TPSA) is 86.7 Å². The second-order valence-electron chi connectivity index (χ2n) is 8.81. The third kappa shape index (κ3) is 9.33. The number of ketones is 2. The highest BCUT2D eigenvalue weighted by molar-refractivity contribution is 5.92. The van der Waals surface area contributed by atoms with Crippen molar-refractivity contribution in [2.45, 2.75) is 26.2 Å². The van der Waals surface area contributed by atoms with Crippen LogP contribution >= 0.6 is 0 Å². The summed E-state index contributed by atoms with van der Waals surface area (Å²) in [5.41, 5.74) is 4.00. The molecule has 6 nitrogen and oxygen atoms in total. The zero-order valence-electron chi connectivity index (χ0n) is 22.3.